The lowest BCUT2D eigenvalue weighted by Gasteiger charge is -2.06. The molecule has 0 atom stereocenters. The molecule has 2 aromatic rings. The summed E-state index contributed by atoms with van der Waals surface area (Å²) >= 11 is 2.89. The van der Waals surface area contributed by atoms with Gasteiger partial charge in [0.05, 0.1) is 21.8 Å². The second kappa shape index (κ2) is 3.75. The number of benzene rings is 1. The number of aromatic hydroxyl groups is 1. The normalized spacial score (nSPS) is 10.7. The van der Waals surface area contributed by atoms with Gasteiger partial charge in [-0.2, -0.15) is 0 Å². The average Bonchev–Trinajstić information content (AvgIpc) is 2.63. The van der Waals surface area contributed by atoms with E-state index in [9.17, 15) is 13.9 Å². The molecule has 1 heterocycles. The van der Waals surface area contributed by atoms with E-state index in [0.717, 1.165) is 12.3 Å². The summed E-state index contributed by atoms with van der Waals surface area (Å²) < 4.78 is 31.2. The highest BCUT2D eigenvalue weighted by Crippen LogP contribution is 2.40. The standard InChI is InChI=1S/C9H5BrF2N2O2/c10-4-1-5(11)7(12)6(8(4)15)3-2-14-16-9(3)13/h1-2,15H,13H2. The first-order chi connectivity index (χ1) is 7.52. The molecule has 0 fully saturated rings. The van der Waals surface area contributed by atoms with E-state index in [-0.39, 0.29) is 21.5 Å². The Labute approximate surface area is 96.8 Å². The van der Waals surface area contributed by atoms with Gasteiger partial charge in [-0.25, -0.2) is 8.78 Å². The SMILES string of the molecule is Nc1oncc1-c1c(O)c(Br)cc(F)c1F. The fourth-order valence-corrected chi connectivity index (χ4v) is 1.67. The monoisotopic (exact) mass is 290 g/mol. The molecule has 3 N–H and O–H groups in total. The van der Waals surface area contributed by atoms with Gasteiger partial charge in [0.15, 0.2) is 11.6 Å². The Morgan fingerprint density at radius 3 is 2.69 bits per heavy atom. The third-order valence-electron chi connectivity index (χ3n) is 2.01. The predicted molar refractivity (Wildman–Crippen MR) is 55.6 cm³/mol. The van der Waals surface area contributed by atoms with E-state index in [1.165, 1.54) is 0 Å². The van der Waals surface area contributed by atoms with Crippen LogP contribution in [0.2, 0.25) is 0 Å². The maximum Gasteiger partial charge on any atom is 0.230 e. The summed E-state index contributed by atoms with van der Waals surface area (Å²) in [7, 11) is 0. The summed E-state index contributed by atoms with van der Waals surface area (Å²) in [6.07, 6.45) is 1.10. The van der Waals surface area contributed by atoms with Crippen LogP contribution in [0, 0.1) is 11.6 Å². The van der Waals surface area contributed by atoms with Gasteiger partial charge in [-0.15, -0.1) is 0 Å². The van der Waals surface area contributed by atoms with E-state index >= 15 is 0 Å². The molecule has 0 amide bonds. The van der Waals surface area contributed by atoms with Gasteiger partial charge in [-0.3, -0.25) is 0 Å². The van der Waals surface area contributed by atoms with E-state index in [4.69, 9.17) is 5.73 Å². The first kappa shape index (κ1) is 10.9. The summed E-state index contributed by atoms with van der Waals surface area (Å²) in [6.45, 7) is 0. The van der Waals surface area contributed by atoms with Crippen LogP contribution in [-0.2, 0) is 0 Å². The van der Waals surface area contributed by atoms with Crippen molar-refractivity contribution in [3.63, 3.8) is 0 Å². The van der Waals surface area contributed by atoms with E-state index < -0.39 is 17.4 Å². The number of hydrogen-bond donors (Lipinski definition) is 2. The largest absolute Gasteiger partial charge is 0.506 e. The molecule has 2 rings (SSSR count). The van der Waals surface area contributed by atoms with E-state index in [0.29, 0.717) is 0 Å². The first-order valence-electron chi connectivity index (χ1n) is 4.09. The zero-order chi connectivity index (χ0) is 11.9. The van der Waals surface area contributed by atoms with Crippen molar-refractivity contribution in [3.05, 3.63) is 28.4 Å². The fourth-order valence-electron chi connectivity index (χ4n) is 1.27. The molecule has 1 aromatic heterocycles. The van der Waals surface area contributed by atoms with Gasteiger partial charge < -0.3 is 15.4 Å². The van der Waals surface area contributed by atoms with Crippen molar-refractivity contribution >= 4 is 21.8 Å². The summed E-state index contributed by atoms with van der Waals surface area (Å²) in [5.74, 6) is -2.99. The fraction of sp³-hybridized carbons (Fsp3) is 0. The van der Waals surface area contributed by atoms with Crippen molar-refractivity contribution in [1.29, 1.82) is 0 Å². The van der Waals surface area contributed by atoms with Gasteiger partial charge in [0.2, 0.25) is 5.88 Å². The highest BCUT2D eigenvalue weighted by molar-refractivity contribution is 9.10. The summed E-state index contributed by atoms with van der Waals surface area (Å²) in [6, 6.07) is 0.817. The van der Waals surface area contributed by atoms with Gasteiger partial charge in [0.1, 0.15) is 5.75 Å². The van der Waals surface area contributed by atoms with E-state index in [2.05, 4.69) is 25.6 Å². The molecule has 0 saturated carbocycles. The topological polar surface area (TPSA) is 72.3 Å². The minimum Gasteiger partial charge on any atom is -0.506 e. The summed E-state index contributed by atoms with van der Waals surface area (Å²) in [5, 5.41) is 12.9. The molecular formula is C9H5BrF2N2O2. The maximum atomic E-state index is 13.5. The van der Waals surface area contributed by atoms with Crippen LogP contribution < -0.4 is 5.73 Å². The molecule has 0 aliphatic carbocycles. The van der Waals surface area contributed by atoms with Crippen molar-refractivity contribution in [1.82, 2.24) is 5.16 Å². The zero-order valence-corrected chi connectivity index (χ0v) is 9.25. The highest BCUT2D eigenvalue weighted by atomic mass is 79.9. The second-order valence-electron chi connectivity index (χ2n) is 2.98. The van der Waals surface area contributed by atoms with Crippen LogP contribution in [0.1, 0.15) is 0 Å². The van der Waals surface area contributed by atoms with Crippen LogP contribution in [0.5, 0.6) is 5.75 Å². The third kappa shape index (κ3) is 1.53. The van der Waals surface area contributed by atoms with Gasteiger partial charge in [0, 0.05) is 0 Å². The molecule has 7 heteroatoms. The number of halogens is 3. The van der Waals surface area contributed by atoms with Gasteiger partial charge in [0.25, 0.3) is 0 Å². The number of nitrogens with zero attached hydrogens (tertiary/aromatic N) is 1. The zero-order valence-electron chi connectivity index (χ0n) is 7.67. The number of anilines is 1. The minimum atomic E-state index is -1.21. The van der Waals surface area contributed by atoms with Crippen LogP contribution in [0.15, 0.2) is 21.3 Å². The molecule has 16 heavy (non-hydrogen) atoms. The molecule has 0 spiro atoms. The number of nitrogens with two attached hydrogens (primary N) is 1. The Kier molecular flexibility index (Phi) is 2.55. The molecule has 0 saturated heterocycles. The lowest BCUT2D eigenvalue weighted by Crippen LogP contribution is -1.93. The van der Waals surface area contributed by atoms with Crippen molar-refractivity contribution in [3.8, 4) is 16.9 Å². The van der Waals surface area contributed by atoms with Crippen LogP contribution in [0.25, 0.3) is 11.1 Å². The molecule has 0 radical (unpaired) electrons. The van der Waals surface area contributed by atoms with E-state index in [1.807, 2.05) is 0 Å². The molecule has 0 bridgehead atoms. The third-order valence-corrected chi connectivity index (χ3v) is 2.62. The van der Waals surface area contributed by atoms with Gasteiger partial charge in [-0.05, 0) is 22.0 Å². The quantitative estimate of drug-likeness (QED) is 0.792. The Balaban J connectivity index is 2.79. The average molecular weight is 291 g/mol. The molecular weight excluding hydrogens is 286 g/mol. The first-order valence-corrected chi connectivity index (χ1v) is 4.88. The summed E-state index contributed by atoms with van der Waals surface area (Å²) in [4.78, 5) is 0. The molecule has 4 nitrogen and oxygen atoms in total. The lowest BCUT2D eigenvalue weighted by atomic mass is 10.1. The highest BCUT2D eigenvalue weighted by Gasteiger charge is 2.22. The predicted octanol–water partition coefficient (Wildman–Crippen LogP) is 2.67. The Morgan fingerprint density at radius 1 is 1.44 bits per heavy atom. The molecule has 84 valence electrons. The van der Waals surface area contributed by atoms with Crippen molar-refractivity contribution in [2.45, 2.75) is 0 Å². The second-order valence-corrected chi connectivity index (χ2v) is 3.84. The molecule has 0 aliphatic rings. The van der Waals surface area contributed by atoms with Crippen molar-refractivity contribution < 1.29 is 18.4 Å². The Bertz CT molecular complexity index is 530. The number of nitrogen functional groups attached to an aromatic ring is 1. The van der Waals surface area contributed by atoms with Crippen molar-refractivity contribution in [2.75, 3.05) is 5.73 Å². The van der Waals surface area contributed by atoms with Crippen LogP contribution in [0.4, 0.5) is 14.7 Å². The molecule has 0 aliphatic heterocycles. The molecule has 0 unspecified atom stereocenters. The maximum absolute atomic E-state index is 13.5. The van der Waals surface area contributed by atoms with Gasteiger partial charge >= 0.3 is 0 Å². The number of hydrogen-bond acceptors (Lipinski definition) is 4. The minimum absolute atomic E-state index is 0.00444. The van der Waals surface area contributed by atoms with Crippen LogP contribution >= 0.6 is 15.9 Å². The number of rotatable bonds is 1. The van der Waals surface area contributed by atoms with Crippen molar-refractivity contribution in [2.24, 2.45) is 0 Å². The Hall–Kier alpha value is -1.63. The Morgan fingerprint density at radius 2 is 2.12 bits per heavy atom. The van der Waals surface area contributed by atoms with Gasteiger partial charge in [-0.1, -0.05) is 5.16 Å². The van der Waals surface area contributed by atoms with Crippen LogP contribution in [0.3, 0.4) is 0 Å². The molecule has 1 aromatic carbocycles. The lowest BCUT2D eigenvalue weighted by molar-refractivity contribution is 0.436. The summed E-state index contributed by atoms with van der Waals surface area (Å²) in [5.41, 5.74) is 4.98. The number of aromatic nitrogens is 1. The van der Waals surface area contributed by atoms with Crippen LogP contribution in [-0.4, -0.2) is 10.3 Å². The number of phenols is 1. The van der Waals surface area contributed by atoms with E-state index in [1.54, 1.807) is 0 Å². The smallest absolute Gasteiger partial charge is 0.230 e. The number of phenolic OH excluding ortho intramolecular Hbond substituents is 1.